The average molecular weight is 230 g/mol. The average Bonchev–Trinajstić information content (AvgIpc) is 3.02. The molecule has 3 nitrogen and oxygen atoms in total. The molecule has 1 fully saturated rings. The van der Waals surface area contributed by atoms with E-state index in [4.69, 9.17) is 14.2 Å². The van der Waals surface area contributed by atoms with Crippen molar-refractivity contribution in [3.05, 3.63) is 10.7 Å². The van der Waals surface area contributed by atoms with Gasteiger partial charge in [0.2, 0.25) is 0 Å². The second kappa shape index (κ2) is 4.76. The van der Waals surface area contributed by atoms with Crippen LogP contribution in [-0.2, 0) is 14.2 Å². The van der Waals surface area contributed by atoms with Crippen LogP contribution in [0.2, 0.25) is 0 Å². The minimum absolute atomic E-state index is 0.123. The molecule has 0 aromatic rings. The maximum atomic E-state index is 5.55. The quantitative estimate of drug-likeness (QED) is 0.722. The normalized spacial score (nSPS) is 31.1. The van der Waals surface area contributed by atoms with Crippen molar-refractivity contribution in [2.24, 2.45) is 5.92 Å². The summed E-state index contributed by atoms with van der Waals surface area (Å²) in [5, 5.41) is 0.537. The van der Waals surface area contributed by atoms with Crippen LogP contribution in [0.4, 0.5) is 0 Å². The van der Waals surface area contributed by atoms with Crippen LogP contribution < -0.4 is 0 Å². The van der Waals surface area contributed by atoms with E-state index in [1.165, 1.54) is 17.7 Å². The predicted molar refractivity (Wildman–Crippen MR) is 60.8 cm³/mol. The minimum atomic E-state index is 0.123. The molecule has 1 heterocycles. The number of rotatable bonds is 5. The van der Waals surface area contributed by atoms with Crippen molar-refractivity contribution in [2.45, 2.75) is 24.2 Å². The Balaban J connectivity index is 2.11. The molecule has 1 unspecified atom stereocenters. The van der Waals surface area contributed by atoms with Crippen LogP contribution in [0.15, 0.2) is 10.7 Å². The van der Waals surface area contributed by atoms with Crippen molar-refractivity contribution in [3.63, 3.8) is 0 Å². The fourth-order valence-electron chi connectivity index (χ4n) is 2.07. The molecule has 2 rings (SSSR count). The van der Waals surface area contributed by atoms with Crippen molar-refractivity contribution in [3.8, 4) is 0 Å². The Morgan fingerprint density at radius 3 is 2.47 bits per heavy atom. The zero-order valence-corrected chi connectivity index (χ0v) is 10.3. The molecule has 1 aliphatic heterocycles. The fourth-order valence-corrected chi connectivity index (χ4v) is 3.72. The van der Waals surface area contributed by atoms with Crippen LogP contribution in [0.3, 0.4) is 0 Å². The number of hydrogen-bond acceptors (Lipinski definition) is 4. The molecular weight excluding hydrogens is 212 g/mol. The molecule has 0 bridgehead atoms. The highest BCUT2D eigenvalue weighted by Gasteiger charge is 2.45. The fraction of sp³-hybridized carbons (Fsp3) is 0.818. The van der Waals surface area contributed by atoms with Crippen LogP contribution >= 0.6 is 11.8 Å². The summed E-state index contributed by atoms with van der Waals surface area (Å²) in [7, 11) is 5.19. The molecule has 15 heavy (non-hydrogen) atoms. The topological polar surface area (TPSA) is 27.7 Å². The van der Waals surface area contributed by atoms with E-state index in [0.29, 0.717) is 11.9 Å². The molecule has 1 saturated carbocycles. The Hall–Kier alpha value is -0.190. The van der Waals surface area contributed by atoms with Gasteiger partial charge in [0.05, 0.1) is 18.6 Å². The molecule has 0 radical (unpaired) electrons. The monoisotopic (exact) mass is 230 g/mol. The second-order valence-corrected chi connectivity index (χ2v) is 5.27. The SMILES string of the molecule is COCC1=C(OC)C(OC)[C@H](C2CC2)S1. The molecule has 0 saturated heterocycles. The highest BCUT2D eigenvalue weighted by atomic mass is 32.2. The molecule has 4 heteroatoms. The molecule has 0 amide bonds. The summed E-state index contributed by atoms with van der Waals surface area (Å²) in [6, 6.07) is 0. The van der Waals surface area contributed by atoms with Crippen LogP contribution in [0.1, 0.15) is 12.8 Å². The van der Waals surface area contributed by atoms with Crippen molar-refractivity contribution >= 4 is 11.8 Å². The molecule has 0 aromatic heterocycles. The van der Waals surface area contributed by atoms with Gasteiger partial charge in [-0.2, -0.15) is 0 Å². The van der Waals surface area contributed by atoms with E-state index in [1.54, 1.807) is 21.3 Å². The summed E-state index contributed by atoms with van der Waals surface area (Å²) in [4.78, 5) is 1.20. The van der Waals surface area contributed by atoms with E-state index < -0.39 is 0 Å². The third-order valence-corrected chi connectivity index (χ3v) is 4.45. The van der Waals surface area contributed by atoms with E-state index in [1.807, 2.05) is 11.8 Å². The van der Waals surface area contributed by atoms with E-state index in [2.05, 4.69) is 0 Å². The van der Waals surface area contributed by atoms with Crippen LogP contribution in [0.25, 0.3) is 0 Å². The zero-order valence-electron chi connectivity index (χ0n) is 9.49. The van der Waals surface area contributed by atoms with Crippen LogP contribution in [0, 0.1) is 5.92 Å². The Labute approximate surface area is 95.2 Å². The maximum absolute atomic E-state index is 5.55. The van der Waals surface area contributed by atoms with E-state index in [-0.39, 0.29) is 6.10 Å². The molecule has 0 N–H and O–H groups in total. The van der Waals surface area contributed by atoms with E-state index in [0.717, 1.165) is 11.7 Å². The molecular formula is C11H18O3S. The lowest BCUT2D eigenvalue weighted by Gasteiger charge is -2.18. The minimum Gasteiger partial charge on any atom is -0.497 e. The lowest BCUT2D eigenvalue weighted by atomic mass is 10.1. The molecule has 0 aromatic carbocycles. The van der Waals surface area contributed by atoms with Gasteiger partial charge in [-0.25, -0.2) is 0 Å². The number of ether oxygens (including phenoxy) is 3. The predicted octanol–water partition coefficient (Wildman–Crippen LogP) is 2.03. The molecule has 0 spiro atoms. The first-order valence-corrected chi connectivity index (χ1v) is 6.15. The standard InChI is InChI=1S/C11H18O3S/c1-12-6-8-9(13-2)10(14-3)11(15-8)7-4-5-7/h7,10-11H,4-6H2,1-3H3/t10?,11-/m0/s1. The smallest absolute Gasteiger partial charge is 0.137 e. The molecule has 1 aliphatic carbocycles. The van der Waals surface area contributed by atoms with Crippen molar-refractivity contribution in [1.82, 2.24) is 0 Å². The van der Waals surface area contributed by atoms with Crippen molar-refractivity contribution < 1.29 is 14.2 Å². The Morgan fingerprint density at radius 2 is 2.00 bits per heavy atom. The number of methoxy groups -OCH3 is 3. The first-order chi connectivity index (χ1) is 7.31. The van der Waals surface area contributed by atoms with Crippen molar-refractivity contribution in [2.75, 3.05) is 27.9 Å². The van der Waals surface area contributed by atoms with Gasteiger partial charge in [-0.15, -0.1) is 11.8 Å². The zero-order chi connectivity index (χ0) is 10.8. The van der Waals surface area contributed by atoms with E-state index in [9.17, 15) is 0 Å². The lowest BCUT2D eigenvalue weighted by Crippen LogP contribution is -2.25. The molecule has 86 valence electrons. The lowest BCUT2D eigenvalue weighted by molar-refractivity contribution is 0.0746. The third-order valence-electron chi connectivity index (χ3n) is 2.95. The van der Waals surface area contributed by atoms with Crippen LogP contribution in [0.5, 0.6) is 0 Å². The van der Waals surface area contributed by atoms with Gasteiger partial charge in [0.1, 0.15) is 11.9 Å². The largest absolute Gasteiger partial charge is 0.497 e. The van der Waals surface area contributed by atoms with Crippen LogP contribution in [-0.4, -0.2) is 39.3 Å². The van der Waals surface area contributed by atoms with Gasteiger partial charge in [0, 0.05) is 19.5 Å². The van der Waals surface area contributed by atoms with Gasteiger partial charge in [-0.1, -0.05) is 0 Å². The first kappa shape index (κ1) is 11.3. The van der Waals surface area contributed by atoms with Gasteiger partial charge in [0.15, 0.2) is 0 Å². The summed E-state index contributed by atoms with van der Waals surface area (Å²) in [6.45, 7) is 0.636. The summed E-state index contributed by atoms with van der Waals surface area (Å²) in [6.07, 6.45) is 2.78. The van der Waals surface area contributed by atoms with Crippen molar-refractivity contribution in [1.29, 1.82) is 0 Å². The highest BCUT2D eigenvalue weighted by molar-refractivity contribution is 8.04. The molecule has 2 atom stereocenters. The summed E-state index contributed by atoms with van der Waals surface area (Å²) >= 11 is 1.88. The Morgan fingerprint density at radius 1 is 1.27 bits per heavy atom. The first-order valence-electron chi connectivity index (χ1n) is 5.27. The summed E-state index contributed by atoms with van der Waals surface area (Å²) in [5.41, 5.74) is 0. The third kappa shape index (κ3) is 2.17. The number of hydrogen-bond donors (Lipinski definition) is 0. The van der Waals surface area contributed by atoms with Gasteiger partial charge in [-0.05, 0) is 18.8 Å². The van der Waals surface area contributed by atoms with Gasteiger partial charge in [0.25, 0.3) is 0 Å². The highest BCUT2D eigenvalue weighted by Crippen LogP contribution is 2.50. The Bertz CT molecular complexity index is 261. The number of thioether (sulfide) groups is 1. The van der Waals surface area contributed by atoms with E-state index >= 15 is 0 Å². The summed E-state index contributed by atoms with van der Waals surface area (Å²) in [5.74, 6) is 1.78. The maximum Gasteiger partial charge on any atom is 0.137 e. The molecule has 2 aliphatic rings. The second-order valence-electron chi connectivity index (χ2n) is 4.00. The van der Waals surface area contributed by atoms with Gasteiger partial charge in [-0.3, -0.25) is 0 Å². The van der Waals surface area contributed by atoms with Gasteiger partial charge < -0.3 is 14.2 Å². The van der Waals surface area contributed by atoms with Gasteiger partial charge >= 0.3 is 0 Å². The summed E-state index contributed by atoms with van der Waals surface area (Å²) < 4.78 is 16.2. The Kier molecular flexibility index (Phi) is 3.59.